The zero-order chi connectivity index (χ0) is 19.3. The highest BCUT2D eigenvalue weighted by Gasteiger charge is 2.60. The van der Waals surface area contributed by atoms with Gasteiger partial charge in [-0.25, -0.2) is 8.42 Å². The second kappa shape index (κ2) is 6.49. The number of benzene rings is 1. The minimum Gasteiger partial charge on any atom is -0.293 e. The van der Waals surface area contributed by atoms with E-state index >= 15 is 0 Å². The summed E-state index contributed by atoms with van der Waals surface area (Å²) in [6.45, 7) is 10.3. The second-order valence-corrected chi connectivity index (χ2v) is 10.4. The lowest BCUT2D eigenvalue weighted by molar-refractivity contribution is -0.135. The third kappa shape index (κ3) is 2.88. The zero-order valence-electron chi connectivity index (χ0n) is 16.2. The smallest absolute Gasteiger partial charge is 0.210 e. The molecular formula is C22H28O3S. The van der Waals surface area contributed by atoms with Crippen molar-refractivity contribution in [3.8, 4) is 0 Å². The third-order valence-electron chi connectivity index (χ3n) is 6.18. The Morgan fingerprint density at radius 1 is 1.19 bits per heavy atom. The molecule has 1 saturated carbocycles. The normalized spacial score (nSPS) is 25.5. The Morgan fingerprint density at radius 3 is 2.35 bits per heavy atom. The van der Waals surface area contributed by atoms with Gasteiger partial charge in [0.1, 0.15) is 4.91 Å². The molecule has 2 bridgehead atoms. The molecule has 0 aliphatic heterocycles. The van der Waals surface area contributed by atoms with Crippen LogP contribution in [0.1, 0.15) is 47.5 Å². The summed E-state index contributed by atoms with van der Waals surface area (Å²) in [5, 5.41) is 0. The largest absolute Gasteiger partial charge is 0.293 e. The summed E-state index contributed by atoms with van der Waals surface area (Å²) in [5.74, 6) is -0.159. The van der Waals surface area contributed by atoms with Gasteiger partial charge in [-0.15, -0.1) is 0 Å². The Labute approximate surface area is 157 Å². The Balaban J connectivity index is 2.18. The van der Waals surface area contributed by atoms with E-state index in [-0.39, 0.29) is 38.8 Å². The first-order chi connectivity index (χ1) is 12.1. The number of allylic oxidation sites excluding steroid dienone is 4. The lowest BCUT2D eigenvalue weighted by atomic mass is 9.47. The fourth-order valence-electron chi connectivity index (χ4n) is 4.47. The highest BCUT2D eigenvalue weighted by atomic mass is 32.2. The molecule has 0 saturated heterocycles. The predicted octanol–water partition coefficient (Wildman–Crippen LogP) is 4.95. The van der Waals surface area contributed by atoms with Crippen LogP contribution >= 0.6 is 0 Å². The van der Waals surface area contributed by atoms with Crippen LogP contribution in [0.15, 0.2) is 57.4 Å². The van der Waals surface area contributed by atoms with E-state index in [2.05, 4.69) is 26.8 Å². The minimum absolute atomic E-state index is 0.0351. The van der Waals surface area contributed by atoms with Crippen molar-refractivity contribution >= 4 is 15.6 Å². The van der Waals surface area contributed by atoms with Gasteiger partial charge in [-0.3, -0.25) is 4.79 Å². The van der Waals surface area contributed by atoms with Gasteiger partial charge in [0, 0.05) is 5.92 Å². The minimum atomic E-state index is -3.79. The van der Waals surface area contributed by atoms with Gasteiger partial charge in [0.25, 0.3) is 0 Å². The topological polar surface area (TPSA) is 51.2 Å². The van der Waals surface area contributed by atoms with E-state index < -0.39 is 9.84 Å². The van der Waals surface area contributed by atoms with E-state index in [4.69, 9.17) is 0 Å². The highest BCUT2D eigenvalue weighted by Crippen LogP contribution is 2.62. The molecule has 3 aliphatic carbocycles. The van der Waals surface area contributed by atoms with Crippen LogP contribution in [0.2, 0.25) is 0 Å². The summed E-state index contributed by atoms with van der Waals surface area (Å²) >= 11 is 0. The molecule has 3 atom stereocenters. The number of hydrogen-bond acceptors (Lipinski definition) is 3. The predicted molar refractivity (Wildman–Crippen MR) is 104 cm³/mol. The van der Waals surface area contributed by atoms with E-state index in [0.717, 1.165) is 18.4 Å². The molecule has 0 aromatic heterocycles. The summed E-state index contributed by atoms with van der Waals surface area (Å²) < 4.78 is 26.7. The van der Waals surface area contributed by atoms with E-state index in [0.29, 0.717) is 0 Å². The molecule has 0 unspecified atom stereocenters. The van der Waals surface area contributed by atoms with Gasteiger partial charge in [0.05, 0.1) is 4.90 Å². The van der Waals surface area contributed by atoms with Crippen LogP contribution in [0, 0.1) is 23.2 Å². The number of ketones is 1. The summed E-state index contributed by atoms with van der Waals surface area (Å²) in [6, 6.07) is 8.36. The van der Waals surface area contributed by atoms with Crippen LogP contribution in [0.5, 0.6) is 0 Å². The lowest BCUT2D eigenvalue weighted by Crippen LogP contribution is -2.55. The number of carbonyl (C=O) groups is 1. The van der Waals surface area contributed by atoms with Crippen molar-refractivity contribution in [3.05, 3.63) is 52.5 Å². The SMILES string of the molecule is CC(C)=CC[C@H](C)C1=C(S(=O)(=O)c2ccccc2)C(=O)[C@@H]2C[C@H]1C2(C)C. The molecule has 1 fully saturated rings. The van der Waals surface area contributed by atoms with Crippen LogP contribution in [-0.2, 0) is 14.6 Å². The summed E-state index contributed by atoms with van der Waals surface area (Å²) in [4.78, 5) is 13.5. The molecule has 0 heterocycles. The van der Waals surface area contributed by atoms with Crippen molar-refractivity contribution in [2.45, 2.75) is 52.4 Å². The first-order valence-corrected chi connectivity index (χ1v) is 10.8. The average Bonchev–Trinajstić information content (AvgIpc) is 2.58. The van der Waals surface area contributed by atoms with Crippen LogP contribution in [0.3, 0.4) is 0 Å². The van der Waals surface area contributed by atoms with Crippen LogP contribution in [0.25, 0.3) is 0 Å². The van der Waals surface area contributed by atoms with Crippen LogP contribution in [-0.4, -0.2) is 14.2 Å². The average molecular weight is 373 g/mol. The van der Waals surface area contributed by atoms with Gasteiger partial charge in [0.15, 0.2) is 5.78 Å². The maximum absolute atomic E-state index is 13.3. The van der Waals surface area contributed by atoms with E-state index in [1.54, 1.807) is 30.3 Å². The van der Waals surface area contributed by atoms with E-state index in [1.165, 1.54) is 5.57 Å². The molecule has 0 amide bonds. The lowest BCUT2D eigenvalue weighted by Gasteiger charge is -2.57. The van der Waals surface area contributed by atoms with Crippen molar-refractivity contribution in [3.63, 3.8) is 0 Å². The quantitative estimate of drug-likeness (QED) is 0.687. The zero-order valence-corrected chi connectivity index (χ0v) is 17.1. The van der Waals surface area contributed by atoms with Crippen molar-refractivity contribution < 1.29 is 13.2 Å². The van der Waals surface area contributed by atoms with Gasteiger partial charge >= 0.3 is 0 Å². The molecule has 26 heavy (non-hydrogen) atoms. The third-order valence-corrected chi connectivity index (χ3v) is 8.05. The molecule has 0 spiro atoms. The number of Topliss-reactive ketones (excluding diaryl/α,β-unsaturated/α-hetero) is 1. The molecule has 0 N–H and O–H groups in total. The second-order valence-electron chi connectivity index (χ2n) is 8.55. The Morgan fingerprint density at radius 2 is 1.81 bits per heavy atom. The molecule has 0 radical (unpaired) electrons. The van der Waals surface area contributed by atoms with Gasteiger partial charge in [-0.1, -0.05) is 50.6 Å². The summed E-state index contributed by atoms with van der Waals surface area (Å²) in [5.41, 5.74) is 1.91. The molecule has 3 aliphatic rings. The number of sulfone groups is 1. The summed E-state index contributed by atoms with van der Waals surface area (Å²) in [6.07, 6.45) is 3.68. The van der Waals surface area contributed by atoms with Gasteiger partial charge in [0.2, 0.25) is 9.84 Å². The van der Waals surface area contributed by atoms with E-state index in [9.17, 15) is 13.2 Å². The molecule has 4 rings (SSSR count). The van der Waals surface area contributed by atoms with Crippen molar-refractivity contribution in [2.24, 2.45) is 23.2 Å². The Bertz CT molecular complexity index is 885. The number of carbonyl (C=O) groups excluding carboxylic acids is 1. The first kappa shape index (κ1) is 19.1. The first-order valence-electron chi connectivity index (χ1n) is 9.30. The molecule has 3 nitrogen and oxygen atoms in total. The van der Waals surface area contributed by atoms with Crippen molar-refractivity contribution in [2.75, 3.05) is 0 Å². The van der Waals surface area contributed by atoms with E-state index in [1.807, 2.05) is 13.8 Å². The van der Waals surface area contributed by atoms with Crippen LogP contribution in [0.4, 0.5) is 0 Å². The highest BCUT2D eigenvalue weighted by molar-refractivity contribution is 7.96. The molecule has 4 heteroatoms. The summed E-state index contributed by atoms with van der Waals surface area (Å²) in [7, 11) is -3.79. The molecule has 140 valence electrons. The van der Waals surface area contributed by atoms with Gasteiger partial charge in [-0.05, 0) is 61.6 Å². The van der Waals surface area contributed by atoms with Crippen LogP contribution < -0.4 is 0 Å². The monoisotopic (exact) mass is 372 g/mol. The van der Waals surface area contributed by atoms with Gasteiger partial charge in [-0.2, -0.15) is 0 Å². The molecular weight excluding hydrogens is 344 g/mol. The maximum atomic E-state index is 13.3. The fourth-order valence-corrected chi connectivity index (χ4v) is 6.28. The van der Waals surface area contributed by atoms with Crippen molar-refractivity contribution in [1.29, 1.82) is 0 Å². The Kier molecular flexibility index (Phi) is 4.76. The Hall–Kier alpha value is -1.68. The molecule has 1 aromatic rings. The number of rotatable bonds is 5. The standard InChI is InChI=1S/C22H28O3S/c1-14(2)11-12-15(3)19-17-13-18(22(17,4)5)20(23)21(19)26(24,25)16-9-7-6-8-10-16/h6-11,15,17-18H,12-13H2,1-5H3/t15-,17+,18-/m0/s1. The maximum Gasteiger partial charge on any atom is 0.210 e. The molecule has 1 aromatic carbocycles. The number of hydrogen-bond donors (Lipinski definition) is 0. The van der Waals surface area contributed by atoms with Gasteiger partial charge < -0.3 is 0 Å². The number of fused-ring (bicyclic) bond motifs is 1. The van der Waals surface area contributed by atoms with Crippen molar-refractivity contribution in [1.82, 2.24) is 0 Å². The fraction of sp³-hybridized carbons (Fsp3) is 0.500.